The van der Waals surface area contributed by atoms with Gasteiger partial charge in [0.1, 0.15) is 6.54 Å². The molecule has 0 aliphatic carbocycles. The Balaban J connectivity index is 0.00000392. The lowest BCUT2D eigenvalue weighted by atomic mass is 9.96. The van der Waals surface area contributed by atoms with Crippen LogP contribution in [-0.2, 0) is 9.59 Å². The summed E-state index contributed by atoms with van der Waals surface area (Å²) in [7, 11) is 0. The van der Waals surface area contributed by atoms with Crippen LogP contribution in [0.5, 0.6) is 0 Å². The van der Waals surface area contributed by atoms with Crippen molar-refractivity contribution in [3.8, 4) is 0 Å². The number of nitrogens with one attached hydrogen (secondary N) is 1. The van der Waals surface area contributed by atoms with Crippen LogP contribution in [0.3, 0.4) is 0 Å². The Morgan fingerprint density at radius 3 is 2.46 bits per heavy atom. The third kappa shape index (κ3) is 8.13. The van der Waals surface area contributed by atoms with Crippen LogP contribution in [0.25, 0.3) is 0 Å². The fourth-order valence-corrected chi connectivity index (χ4v) is 3.80. The van der Waals surface area contributed by atoms with Crippen molar-refractivity contribution >= 4 is 24.2 Å². The molecule has 0 bridgehead atoms. The molecule has 1 atom stereocenters. The van der Waals surface area contributed by atoms with Crippen LogP contribution in [0.15, 0.2) is 0 Å². The minimum atomic E-state index is -4.38. The molecule has 0 aromatic rings. The summed E-state index contributed by atoms with van der Waals surface area (Å²) in [6, 6.07) is 0. The minimum Gasteiger partial charge on any atom is -0.340 e. The van der Waals surface area contributed by atoms with Crippen molar-refractivity contribution in [1.29, 1.82) is 0 Å². The molecule has 0 aromatic heterocycles. The first-order valence-corrected chi connectivity index (χ1v) is 9.86. The normalized spacial score (nSPS) is 21.1. The second-order valence-electron chi connectivity index (χ2n) is 7.40. The Morgan fingerprint density at radius 2 is 1.86 bits per heavy atom. The van der Waals surface area contributed by atoms with E-state index in [2.05, 4.69) is 5.32 Å². The molecule has 2 rings (SSSR count). The maximum Gasteiger partial charge on any atom is 0.406 e. The zero-order chi connectivity index (χ0) is 19.9. The van der Waals surface area contributed by atoms with Crippen molar-refractivity contribution < 1.29 is 22.8 Å². The van der Waals surface area contributed by atoms with E-state index >= 15 is 0 Å². The van der Waals surface area contributed by atoms with E-state index in [9.17, 15) is 22.8 Å². The second-order valence-corrected chi connectivity index (χ2v) is 7.40. The average molecular weight is 429 g/mol. The van der Waals surface area contributed by atoms with Gasteiger partial charge in [0.25, 0.3) is 0 Å². The number of halogens is 4. The number of carbonyl (C=O) groups excluding carboxylic acids is 2. The van der Waals surface area contributed by atoms with Crippen LogP contribution in [0.2, 0.25) is 0 Å². The molecule has 1 N–H and O–H groups in total. The molecule has 2 amide bonds. The number of nitrogens with zero attached hydrogens (tertiary/aromatic N) is 3. The summed E-state index contributed by atoms with van der Waals surface area (Å²) in [6.07, 6.45) is -2.11. The Bertz CT molecular complexity index is 502. The van der Waals surface area contributed by atoms with E-state index in [0.717, 1.165) is 31.0 Å². The largest absolute Gasteiger partial charge is 0.406 e. The predicted octanol–water partition coefficient (Wildman–Crippen LogP) is 1.74. The van der Waals surface area contributed by atoms with Gasteiger partial charge in [0.2, 0.25) is 11.8 Å². The van der Waals surface area contributed by atoms with E-state index in [-0.39, 0.29) is 24.9 Å². The van der Waals surface area contributed by atoms with Gasteiger partial charge in [0, 0.05) is 52.2 Å². The molecular formula is C18H32ClF3N4O2. The van der Waals surface area contributed by atoms with Gasteiger partial charge in [-0.05, 0) is 25.8 Å². The fourth-order valence-electron chi connectivity index (χ4n) is 3.80. The van der Waals surface area contributed by atoms with Gasteiger partial charge in [-0.1, -0.05) is 6.92 Å². The fraction of sp³-hybridized carbons (Fsp3) is 0.889. The van der Waals surface area contributed by atoms with Crippen LogP contribution in [0.1, 0.15) is 32.6 Å². The van der Waals surface area contributed by atoms with Gasteiger partial charge in [-0.15, -0.1) is 12.4 Å². The third-order valence-electron chi connectivity index (χ3n) is 5.14. The zero-order valence-corrected chi connectivity index (χ0v) is 17.3. The Labute approximate surface area is 171 Å². The van der Waals surface area contributed by atoms with Gasteiger partial charge >= 0.3 is 6.18 Å². The van der Waals surface area contributed by atoms with Crippen molar-refractivity contribution in [2.24, 2.45) is 5.92 Å². The monoisotopic (exact) mass is 428 g/mol. The number of hydrogen-bond donors (Lipinski definition) is 1. The molecule has 2 heterocycles. The topological polar surface area (TPSA) is 55.9 Å². The number of likely N-dealkylation sites (tertiary alicyclic amines) is 1. The highest BCUT2D eigenvalue weighted by Gasteiger charge is 2.36. The number of piperazine rings is 1. The molecular weight excluding hydrogens is 397 g/mol. The lowest BCUT2D eigenvalue weighted by Crippen LogP contribution is -2.49. The van der Waals surface area contributed by atoms with E-state index in [4.69, 9.17) is 0 Å². The van der Waals surface area contributed by atoms with E-state index in [0.29, 0.717) is 45.4 Å². The summed E-state index contributed by atoms with van der Waals surface area (Å²) in [6.45, 7) is 5.51. The highest BCUT2D eigenvalue weighted by molar-refractivity contribution is 5.85. The Hall–Kier alpha value is -1.06. The molecule has 2 aliphatic heterocycles. The quantitative estimate of drug-likeness (QED) is 0.671. The number of rotatable bonds is 7. The first kappa shape index (κ1) is 25.0. The van der Waals surface area contributed by atoms with Crippen molar-refractivity contribution in [2.75, 3.05) is 58.9 Å². The highest BCUT2D eigenvalue weighted by atomic mass is 35.5. The van der Waals surface area contributed by atoms with E-state index in [1.807, 2.05) is 9.80 Å². The molecule has 2 saturated heterocycles. The smallest absolute Gasteiger partial charge is 0.340 e. The summed E-state index contributed by atoms with van der Waals surface area (Å²) in [5.41, 5.74) is 0. The van der Waals surface area contributed by atoms with Gasteiger partial charge in [-0.25, -0.2) is 0 Å². The second kappa shape index (κ2) is 11.8. The van der Waals surface area contributed by atoms with Crippen molar-refractivity contribution in [3.05, 3.63) is 0 Å². The van der Waals surface area contributed by atoms with Crippen LogP contribution < -0.4 is 5.32 Å². The van der Waals surface area contributed by atoms with Crippen LogP contribution in [-0.4, -0.2) is 91.6 Å². The standard InChI is InChI=1S/C18H31F3N4O2.ClH/c1-2-8-25(14-18(19,20)21)17(27)15-4-3-9-23(13-15)10-5-16(26)24-11-6-22-7-12-24;/h15,22H,2-14H2,1H3;1H. The number of amides is 2. The van der Waals surface area contributed by atoms with Gasteiger partial charge in [-0.2, -0.15) is 13.2 Å². The van der Waals surface area contributed by atoms with Crippen LogP contribution in [0.4, 0.5) is 13.2 Å². The molecule has 6 nitrogen and oxygen atoms in total. The van der Waals surface area contributed by atoms with Gasteiger partial charge < -0.3 is 20.0 Å². The van der Waals surface area contributed by atoms with E-state index in [1.165, 1.54) is 0 Å². The lowest BCUT2D eigenvalue weighted by Gasteiger charge is -2.35. The van der Waals surface area contributed by atoms with Gasteiger partial charge in [0.15, 0.2) is 0 Å². The van der Waals surface area contributed by atoms with Crippen LogP contribution >= 0.6 is 12.4 Å². The Kier molecular flexibility index (Phi) is 10.5. The first-order valence-electron chi connectivity index (χ1n) is 9.86. The molecule has 0 aromatic carbocycles. The summed E-state index contributed by atoms with van der Waals surface area (Å²) >= 11 is 0. The van der Waals surface area contributed by atoms with Gasteiger partial charge in [0.05, 0.1) is 5.92 Å². The SMILES string of the molecule is CCCN(CC(F)(F)F)C(=O)C1CCCN(CCC(=O)N2CCNCC2)C1.Cl. The first-order chi connectivity index (χ1) is 12.8. The van der Waals surface area contributed by atoms with Crippen molar-refractivity contribution in [1.82, 2.24) is 20.0 Å². The lowest BCUT2D eigenvalue weighted by molar-refractivity contribution is -0.164. The maximum absolute atomic E-state index is 12.8. The number of piperidine rings is 1. The summed E-state index contributed by atoms with van der Waals surface area (Å²) in [5.74, 6) is -0.719. The summed E-state index contributed by atoms with van der Waals surface area (Å²) < 4.78 is 38.3. The molecule has 1 unspecified atom stereocenters. The van der Waals surface area contributed by atoms with Crippen molar-refractivity contribution in [2.45, 2.75) is 38.8 Å². The number of alkyl halides is 3. The molecule has 164 valence electrons. The zero-order valence-electron chi connectivity index (χ0n) is 16.5. The molecule has 0 spiro atoms. The van der Waals surface area contributed by atoms with Gasteiger partial charge in [-0.3, -0.25) is 9.59 Å². The molecule has 10 heteroatoms. The molecule has 0 radical (unpaired) electrons. The minimum absolute atomic E-state index is 0. The highest BCUT2D eigenvalue weighted by Crippen LogP contribution is 2.23. The van der Waals surface area contributed by atoms with E-state index < -0.39 is 24.5 Å². The molecule has 28 heavy (non-hydrogen) atoms. The summed E-state index contributed by atoms with van der Waals surface area (Å²) in [4.78, 5) is 29.7. The molecule has 2 fully saturated rings. The third-order valence-corrected chi connectivity index (χ3v) is 5.14. The molecule has 2 aliphatic rings. The number of hydrogen-bond acceptors (Lipinski definition) is 4. The maximum atomic E-state index is 12.8. The average Bonchev–Trinajstić information content (AvgIpc) is 2.65. The van der Waals surface area contributed by atoms with Crippen molar-refractivity contribution in [3.63, 3.8) is 0 Å². The molecule has 0 saturated carbocycles. The van der Waals surface area contributed by atoms with E-state index in [1.54, 1.807) is 6.92 Å². The van der Waals surface area contributed by atoms with Crippen LogP contribution in [0, 0.1) is 5.92 Å². The predicted molar refractivity (Wildman–Crippen MR) is 103 cm³/mol. The Morgan fingerprint density at radius 1 is 1.18 bits per heavy atom. The summed E-state index contributed by atoms with van der Waals surface area (Å²) in [5, 5.41) is 3.20. The number of carbonyl (C=O) groups is 2.